The fourth-order valence-electron chi connectivity index (χ4n) is 5.43. The van der Waals surface area contributed by atoms with E-state index in [1.54, 1.807) is 27.3 Å². The molecule has 208 valence electrons. The van der Waals surface area contributed by atoms with Crippen LogP contribution < -0.4 is 19.5 Å². The molecule has 5 rings (SSSR count). The van der Waals surface area contributed by atoms with E-state index in [0.29, 0.717) is 42.2 Å². The van der Waals surface area contributed by atoms with Crippen molar-refractivity contribution in [3.63, 3.8) is 0 Å². The van der Waals surface area contributed by atoms with Crippen molar-refractivity contribution in [3.8, 4) is 17.2 Å². The predicted octanol–water partition coefficient (Wildman–Crippen LogP) is 4.14. The number of benzene rings is 2. The topological polar surface area (TPSA) is 94.4 Å². The molecule has 1 atom stereocenters. The van der Waals surface area contributed by atoms with E-state index in [1.165, 1.54) is 0 Å². The molecular weight excluding hydrogens is 508 g/mol. The van der Waals surface area contributed by atoms with Crippen molar-refractivity contribution in [3.05, 3.63) is 88.4 Å². The fraction of sp³-hybridized carbons (Fsp3) is 0.323. The summed E-state index contributed by atoms with van der Waals surface area (Å²) in [5.41, 5.74) is 5.93. The first-order valence-corrected chi connectivity index (χ1v) is 13.4. The summed E-state index contributed by atoms with van der Waals surface area (Å²) in [6.07, 6.45) is 3.30. The van der Waals surface area contributed by atoms with Gasteiger partial charge in [-0.1, -0.05) is 25.1 Å². The average Bonchev–Trinajstić information content (AvgIpc) is 3.37. The summed E-state index contributed by atoms with van der Waals surface area (Å²) in [5, 5.41) is 2.67. The lowest BCUT2D eigenvalue weighted by Gasteiger charge is -2.36. The van der Waals surface area contributed by atoms with Gasteiger partial charge in [0, 0.05) is 31.8 Å². The van der Waals surface area contributed by atoms with Crippen LogP contribution in [0.4, 0.5) is 0 Å². The molecule has 2 amide bonds. The monoisotopic (exact) mass is 542 g/mol. The molecule has 0 bridgehead atoms. The molecular formula is C31H34N4O5. The number of fused-ring (bicyclic) bond motifs is 3. The first kappa shape index (κ1) is 27.1. The van der Waals surface area contributed by atoms with Crippen LogP contribution in [0.5, 0.6) is 17.2 Å². The Morgan fingerprint density at radius 1 is 1.05 bits per heavy atom. The number of imidazole rings is 1. The Morgan fingerprint density at radius 2 is 1.85 bits per heavy atom. The van der Waals surface area contributed by atoms with Gasteiger partial charge >= 0.3 is 0 Å². The number of hydrogen-bond acceptors (Lipinski definition) is 6. The van der Waals surface area contributed by atoms with Gasteiger partial charge in [0.05, 0.1) is 31.6 Å². The van der Waals surface area contributed by atoms with Crippen LogP contribution in [0, 0.1) is 6.92 Å². The predicted molar refractivity (Wildman–Crippen MR) is 151 cm³/mol. The van der Waals surface area contributed by atoms with Gasteiger partial charge < -0.3 is 28.8 Å². The highest BCUT2D eigenvalue weighted by Crippen LogP contribution is 2.39. The minimum Gasteiger partial charge on any atom is -0.493 e. The Kier molecular flexibility index (Phi) is 7.64. The van der Waals surface area contributed by atoms with E-state index in [9.17, 15) is 9.59 Å². The summed E-state index contributed by atoms with van der Waals surface area (Å²) in [4.78, 5) is 33.0. The van der Waals surface area contributed by atoms with Gasteiger partial charge in [-0.05, 0) is 60.4 Å². The van der Waals surface area contributed by atoms with Crippen LogP contribution in [0.3, 0.4) is 0 Å². The SMILES string of the molecule is CCc1cc(C)c(C(=O)NC)cc1OCC(=O)N1CCc2nc3ccccn3c2C1c1ccc(OC)c(OC)c1. The lowest BCUT2D eigenvalue weighted by molar-refractivity contribution is -0.135. The van der Waals surface area contributed by atoms with E-state index in [4.69, 9.17) is 19.2 Å². The zero-order valence-electron chi connectivity index (χ0n) is 23.5. The number of hydrogen-bond donors (Lipinski definition) is 1. The summed E-state index contributed by atoms with van der Waals surface area (Å²) in [5.74, 6) is 1.37. The molecule has 0 aliphatic carbocycles. The number of nitrogens with one attached hydrogen (secondary N) is 1. The number of aryl methyl sites for hydroxylation is 2. The van der Waals surface area contributed by atoms with Crippen molar-refractivity contribution < 1.29 is 23.8 Å². The van der Waals surface area contributed by atoms with Gasteiger partial charge in [0.25, 0.3) is 11.8 Å². The molecule has 0 fully saturated rings. The Morgan fingerprint density at radius 3 is 2.58 bits per heavy atom. The van der Waals surface area contributed by atoms with Crippen LogP contribution in [0.25, 0.3) is 5.65 Å². The van der Waals surface area contributed by atoms with Gasteiger partial charge in [-0.3, -0.25) is 9.59 Å². The largest absolute Gasteiger partial charge is 0.493 e. The Labute approximate surface area is 233 Å². The summed E-state index contributed by atoms with van der Waals surface area (Å²) in [7, 11) is 4.79. The third-order valence-corrected chi connectivity index (χ3v) is 7.46. The third-order valence-electron chi connectivity index (χ3n) is 7.46. The van der Waals surface area contributed by atoms with Crippen molar-refractivity contribution >= 4 is 17.5 Å². The highest BCUT2D eigenvalue weighted by Gasteiger charge is 2.36. The minimum atomic E-state index is -0.415. The standard InChI is InChI=1S/C31H34N4O5/c1-6-20-15-19(2)22(31(37)32-3)17-25(20)40-18-28(36)35-14-12-23-30(34-13-8-7-9-27(34)33-23)29(35)21-10-11-24(38-4)26(16-21)39-5/h7-11,13,15-17,29H,6,12,14,18H2,1-5H3,(H,32,37). The lowest BCUT2D eigenvalue weighted by Crippen LogP contribution is -2.43. The molecule has 0 spiro atoms. The van der Waals surface area contributed by atoms with Crippen molar-refractivity contribution in [2.45, 2.75) is 32.7 Å². The molecule has 40 heavy (non-hydrogen) atoms. The van der Waals surface area contributed by atoms with Gasteiger partial charge in [-0.15, -0.1) is 0 Å². The number of ether oxygens (including phenoxy) is 3. The van der Waals surface area contributed by atoms with Crippen LogP contribution in [-0.2, 0) is 17.6 Å². The normalized spacial score (nSPS) is 14.5. The van der Waals surface area contributed by atoms with Crippen molar-refractivity contribution in [2.75, 3.05) is 34.4 Å². The molecule has 4 aromatic rings. The van der Waals surface area contributed by atoms with Crippen LogP contribution in [0.2, 0.25) is 0 Å². The Balaban J connectivity index is 1.52. The summed E-state index contributed by atoms with van der Waals surface area (Å²) in [6.45, 7) is 4.23. The Hall–Kier alpha value is -4.53. The summed E-state index contributed by atoms with van der Waals surface area (Å²) >= 11 is 0. The second kappa shape index (κ2) is 11.3. The third kappa shape index (κ3) is 4.83. The van der Waals surface area contributed by atoms with Crippen LogP contribution in [0.1, 0.15) is 51.4 Å². The molecule has 1 unspecified atom stereocenters. The number of amides is 2. The van der Waals surface area contributed by atoms with E-state index in [1.807, 2.05) is 71.8 Å². The van der Waals surface area contributed by atoms with Gasteiger partial charge in [0.1, 0.15) is 11.4 Å². The number of carbonyl (C=O) groups excluding carboxylic acids is 2. The maximum absolute atomic E-state index is 13.9. The van der Waals surface area contributed by atoms with Gasteiger partial charge in [0.2, 0.25) is 0 Å². The second-order valence-corrected chi connectivity index (χ2v) is 9.72. The molecule has 1 N–H and O–H groups in total. The molecule has 9 heteroatoms. The fourth-order valence-corrected chi connectivity index (χ4v) is 5.43. The van der Waals surface area contributed by atoms with Crippen molar-refractivity contribution in [1.82, 2.24) is 19.6 Å². The second-order valence-electron chi connectivity index (χ2n) is 9.72. The molecule has 2 aromatic heterocycles. The molecule has 0 saturated carbocycles. The molecule has 1 aliphatic rings. The molecule has 9 nitrogen and oxygen atoms in total. The quantitative estimate of drug-likeness (QED) is 0.360. The first-order valence-electron chi connectivity index (χ1n) is 13.4. The van der Waals surface area contributed by atoms with E-state index < -0.39 is 6.04 Å². The van der Waals surface area contributed by atoms with Crippen LogP contribution in [0.15, 0.2) is 54.7 Å². The Bertz CT molecular complexity index is 1580. The number of carbonyl (C=O) groups is 2. The van der Waals surface area contributed by atoms with Gasteiger partial charge in [-0.2, -0.15) is 0 Å². The summed E-state index contributed by atoms with van der Waals surface area (Å²) < 4.78 is 19.2. The van der Waals surface area contributed by atoms with Crippen LogP contribution >= 0.6 is 0 Å². The summed E-state index contributed by atoms with van der Waals surface area (Å²) in [6, 6.07) is 14.9. The van der Waals surface area contributed by atoms with E-state index in [0.717, 1.165) is 33.7 Å². The molecule has 2 aromatic carbocycles. The molecule has 3 heterocycles. The van der Waals surface area contributed by atoms with Crippen LogP contribution in [-0.4, -0.2) is 60.5 Å². The highest BCUT2D eigenvalue weighted by molar-refractivity contribution is 5.96. The van der Waals surface area contributed by atoms with Gasteiger partial charge in [0.15, 0.2) is 18.1 Å². The number of nitrogens with zero attached hydrogens (tertiary/aromatic N) is 3. The van der Waals surface area contributed by atoms with Crippen molar-refractivity contribution in [1.29, 1.82) is 0 Å². The molecule has 1 aliphatic heterocycles. The number of methoxy groups -OCH3 is 2. The minimum absolute atomic E-state index is 0.166. The maximum Gasteiger partial charge on any atom is 0.261 e. The average molecular weight is 543 g/mol. The maximum atomic E-state index is 13.9. The highest BCUT2D eigenvalue weighted by atomic mass is 16.5. The van der Waals surface area contributed by atoms with E-state index >= 15 is 0 Å². The number of pyridine rings is 1. The van der Waals surface area contributed by atoms with E-state index in [2.05, 4.69) is 5.32 Å². The molecule has 0 saturated heterocycles. The number of aromatic nitrogens is 2. The lowest BCUT2D eigenvalue weighted by atomic mass is 9.95. The van der Waals surface area contributed by atoms with Gasteiger partial charge in [-0.25, -0.2) is 4.98 Å². The number of rotatable bonds is 8. The molecule has 0 radical (unpaired) electrons. The first-order chi connectivity index (χ1) is 19.4. The van der Waals surface area contributed by atoms with E-state index in [-0.39, 0.29) is 18.4 Å². The zero-order chi connectivity index (χ0) is 28.4. The zero-order valence-corrected chi connectivity index (χ0v) is 23.5. The van der Waals surface area contributed by atoms with Crippen molar-refractivity contribution in [2.24, 2.45) is 0 Å². The smallest absolute Gasteiger partial charge is 0.261 e.